The molecule has 0 aliphatic carbocycles. The second kappa shape index (κ2) is 9.97. The van der Waals surface area contributed by atoms with Crippen molar-refractivity contribution in [1.82, 2.24) is 5.32 Å². The molecule has 0 radical (unpaired) electrons. The third-order valence-corrected chi connectivity index (χ3v) is 6.18. The molecule has 0 aliphatic heterocycles. The Bertz CT molecular complexity index is 1090. The van der Waals surface area contributed by atoms with Crippen LogP contribution in [0.15, 0.2) is 36.4 Å². The third kappa shape index (κ3) is 6.31. The van der Waals surface area contributed by atoms with Gasteiger partial charge in [0.15, 0.2) is 0 Å². The first-order valence-corrected chi connectivity index (χ1v) is 11.6. The molecule has 0 saturated carbocycles. The second-order valence-corrected chi connectivity index (χ2v) is 9.28. The number of carbonyl (C=O) groups excluding carboxylic acids is 1. The summed E-state index contributed by atoms with van der Waals surface area (Å²) in [4.78, 5) is 23.1. The number of amides is 1. The highest BCUT2D eigenvalue weighted by Gasteiger charge is 2.31. The summed E-state index contributed by atoms with van der Waals surface area (Å²) < 4.78 is 31.3. The maximum absolute atomic E-state index is 12.6. The monoisotopic (exact) mass is 469 g/mol. The Morgan fingerprint density at radius 3 is 2.45 bits per heavy atom. The lowest BCUT2D eigenvalue weighted by Gasteiger charge is -2.29. The Hall–Kier alpha value is -2.85. The maximum atomic E-state index is 12.6. The molecule has 168 valence electrons. The zero-order valence-electron chi connectivity index (χ0n) is 17.6. The number of nitrogens with one attached hydrogen (secondary N) is 1. The maximum Gasteiger partial charge on any atom is 0.271 e. The summed E-state index contributed by atoms with van der Waals surface area (Å²) in [6.07, 6.45) is 0.944. The van der Waals surface area contributed by atoms with Crippen LogP contribution in [0.5, 0.6) is 5.75 Å². The molecule has 1 amide bonds. The van der Waals surface area contributed by atoms with E-state index in [2.05, 4.69) is 5.32 Å². The number of carbonyl (C=O) groups is 1. The van der Waals surface area contributed by atoms with Crippen LogP contribution in [0.2, 0.25) is 5.02 Å². The summed E-state index contributed by atoms with van der Waals surface area (Å²) in [5.74, 6) is -0.0234. The van der Waals surface area contributed by atoms with Gasteiger partial charge in [-0.3, -0.25) is 19.2 Å². The largest absolute Gasteiger partial charge is 0.492 e. The topological polar surface area (TPSA) is 119 Å². The Morgan fingerprint density at radius 2 is 1.87 bits per heavy atom. The number of rotatable bonds is 9. The van der Waals surface area contributed by atoms with Crippen molar-refractivity contribution in [3.05, 3.63) is 62.7 Å². The van der Waals surface area contributed by atoms with Gasteiger partial charge in [-0.15, -0.1) is 0 Å². The van der Waals surface area contributed by atoms with Crippen LogP contribution >= 0.6 is 11.6 Å². The van der Waals surface area contributed by atoms with Crippen molar-refractivity contribution in [3.63, 3.8) is 0 Å². The Morgan fingerprint density at radius 1 is 1.23 bits per heavy atom. The van der Waals surface area contributed by atoms with E-state index in [0.717, 1.165) is 22.2 Å². The SMILES string of the molecule is Cc1ccc(OCCNC(=O)[C@@H](C)N(c2cc([N+](=O)[O-])ccc2C)S(C)(=O)=O)cc1Cl. The van der Waals surface area contributed by atoms with E-state index in [0.29, 0.717) is 16.3 Å². The van der Waals surface area contributed by atoms with Crippen LogP contribution in [0.3, 0.4) is 0 Å². The van der Waals surface area contributed by atoms with Crippen molar-refractivity contribution in [1.29, 1.82) is 0 Å². The number of non-ortho nitro benzene ring substituents is 1. The van der Waals surface area contributed by atoms with Crippen molar-refractivity contribution >= 4 is 38.9 Å². The molecule has 0 heterocycles. The minimum atomic E-state index is -3.91. The average Bonchev–Trinajstić information content (AvgIpc) is 2.68. The van der Waals surface area contributed by atoms with Gasteiger partial charge in [0, 0.05) is 17.2 Å². The fourth-order valence-corrected chi connectivity index (χ4v) is 4.28. The number of nitrogens with zero attached hydrogens (tertiary/aromatic N) is 2. The van der Waals surface area contributed by atoms with Crippen LogP contribution in [-0.4, -0.2) is 44.7 Å². The smallest absolute Gasteiger partial charge is 0.271 e. The van der Waals surface area contributed by atoms with E-state index in [9.17, 15) is 23.3 Å². The first kappa shape index (κ1) is 24.4. The van der Waals surface area contributed by atoms with Gasteiger partial charge in [0.25, 0.3) is 5.69 Å². The van der Waals surface area contributed by atoms with E-state index < -0.39 is 26.9 Å². The van der Waals surface area contributed by atoms with E-state index >= 15 is 0 Å². The average molecular weight is 470 g/mol. The molecule has 11 heteroatoms. The molecule has 1 N–H and O–H groups in total. The molecule has 0 fully saturated rings. The summed E-state index contributed by atoms with van der Waals surface area (Å²) in [6.45, 7) is 5.16. The molecule has 31 heavy (non-hydrogen) atoms. The number of nitro groups is 1. The van der Waals surface area contributed by atoms with Gasteiger partial charge >= 0.3 is 0 Å². The predicted molar refractivity (Wildman–Crippen MR) is 119 cm³/mol. The van der Waals surface area contributed by atoms with E-state index in [1.165, 1.54) is 19.1 Å². The van der Waals surface area contributed by atoms with Crippen LogP contribution < -0.4 is 14.4 Å². The summed E-state index contributed by atoms with van der Waals surface area (Å²) >= 11 is 6.04. The molecule has 0 unspecified atom stereocenters. The molecule has 9 nitrogen and oxygen atoms in total. The molecule has 1 atom stereocenters. The number of ether oxygens (including phenoxy) is 1. The van der Waals surface area contributed by atoms with Gasteiger partial charge in [0.1, 0.15) is 18.4 Å². The van der Waals surface area contributed by atoms with Crippen molar-refractivity contribution in [3.8, 4) is 5.75 Å². The fraction of sp³-hybridized carbons (Fsp3) is 0.350. The number of benzene rings is 2. The van der Waals surface area contributed by atoms with Crippen molar-refractivity contribution in [2.45, 2.75) is 26.8 Å². The van der Waals surface area contributed by atoms with Gasteiger partial charge in [-0.05, 0) is 44.0 Å². The second-order valence-electron chi connectivity index (χ2n) is 7.01. The van der Waals surface area contributed by atoms with Crippen LogP contribution in [0, 0.1) is 24.0 Å². The normalized spacial score (nSPS) is 12.2. The molecule has 0 aromatic heterocycles. The van der Waals surface area contributed by atoms with E-state index in [1.807, 2.05) is 13.0 Å². The van der Waals surface area contributed by atoms with Gasteiger partial charge < -0.3 is 10.1 Å². The van der Waals surface area contributed by atoms with Gasteiger partial charge in [0.2, 0.25) is 15.9 Å². The summed E-state index contributed by atoms with van der Waals surface area (Å²) in [7, 11) is -3.91. The highest BCUT2D eigenvalue weighted by Crippen LogP contribution is 2.29. The molecular weight excluding hydrogens is 446 g/mol. The first-order chi connectivity index (χ1) is 14.4. The van der Waals surface area contributed by atoms with Crippen LogP contribution in [0.25, 0.3) is 0 Å². The van der Waals surface area contributed by atoms with Crippen LogP contribution in [-0.2, 0) is 14.8 Å². The summed E-state index contributed by atoms with van der Waals surface area (Å²) in [5, 5.41) is 14.3. The first-order valence-electron chi connectivity index (χ1n) is 9.33. The number of hydrogen-bond acceptors (Lipinski definition) is 6. The minimum Gasteiger partial charge on any atom is -0.492 e. The number of halogens is 1. The van der Waals surface area contributed by atoms with Crippen LogP contribution in [0.4, 0.5) is 11.4 Å². The highest BCUT2D eigenvalue weighted by molar-refractivity contribution is 7.92. The predicted octanol–water partition coefficient (Wildman–Crippen LogP) is 3.21. The van der Waals surface area contributed by atoms with Gasteiger partial charge in [0.05, 0.1) is 23.4 Å². The molecule has 0 bridgehead atoms. The fourth-order valence-electron chi connectivity index (χ4n) is 2.88. The molecule has 2 aromatic carbocycles. The lowest BCUT2D eigenvalue weighted by atomic mass is 10.1. The quantitative estimate of drug-likeness (QED) is 0.342. The number of sulfonamides is 1. The van der Waals surface area contributed by atoms with Crippen LogP contribution in [0.1, 0.15) is 18.1 Å². The Kier molecular flexibility index (Phi) is 7.85. The molecule has 0 aliphatic rings. The number of aryl methyl sites for hydroxylation is 2. The van der Waals surface area contributed by atoms with E-state index in [4.69, 9.17) is 16.3 Å². The summed E-state index contributed by atoms with van der Waals surface area (Å²) in [6, 6.07) is 7.95. The Labute approximate surface area is 186 Å². The highest BCUT2D eigenvalue weighted by atomic mass is 35.5. The minimum absolute atomic E-state index is 0.0740. The van der Waals surface area contributed by atoms with Crippen molar-refractivity contribution in [2.75, 3.05) is 23.7 Å². The standard InChI is InChI=1S/C20H24ClN3O6S/c1-13-6-8-17(12-18(13)21)30-10-9-22-20(25)15(3)23(31(4,28)29)19-11-16(24(26)27)7-5-14(19)2/h5-8,11-12,15H,9-10H2,1-4H3,(H,22,25)/t15-/m1/s1. The number of anilines is 1. The number of nitro benzene ring substituents is 1. The number of hydrogen-bond donors (Lipinski definition) is 1. The lowest BCUT2D eigenvalue weighted by Crippen LogP contribution is -2.48. The summed E-state index contributed by atoms with van der Waals surface area (Å²) in [5.41, 5.74) is 1.20. The molecule has 2 rings (SSSR count). The van der Waals surface area contributed by atoms with Gasteiger partial charge in [-0.25, -0.2) is 8.42 Å². The molecule has 0 spiro atoms. The molecule has 0 saturated heterocycles. The van der Waals surface area contributed by atoms with Crippen molar-refractivity contribution in [2.24, 2.45) is 0 Å². The zero-order valence-corrected chi connectivity index (χ0v) is 19.2. The lowest BCUT2D eigenvalue weighted by molar-refractivity contribution is -0.384. The third-order valence-electron chi connectivity index (χ3n) is 4.54. The molecule has 2 aromatic rings. The molecular formula is C20H24ClN3O6S. The zero-order chi connectivity index (χ0) is 23.3. The van der Waals surface area contributed by atoms with Gasteiger partial charge in [-0.2, -0.15) is 0 Å². The van der Waals surface area contributed by atoms with E-state index in [1.54, 1.807) is 19.1 Å². The van der Waals surface area contributed by atoms with Gasteiger partial charge in [-0.1, -0.05) is 23.7 Å². The Balaban J connectivity index is 2.10. The van der Waals surface area contributed by atoms with Crippen molar-refractivity contribution < 1.29 is 22.9 Å². The van der Waals surface area contributed by atoms with E-state index in [-0.39, 0.29) is 24.5 Å².